The Morgan fingerprint density at radius 3 is 2.65 bits per heavy atom. The van der Waals surface area contributed by atoms with Crippen LogP contribution >= 0.6 is 0 Å². The van der Waals surface area contributed by atoms with E-state index in [-0.39, 0.29) is 17.7 Å². The summed E-state index contributed by atoms with van der Waals surface area (Å²) in [6.07, 6.45) is 2.17. The Kier molecular flexibility index (Phi) is 6.20. The predicted octanol–water partition coefficient (Wildman–Crippen LogP) is 2.55. The molecule has 4 nitrogen and oxygen atoms in total. The van der Waals surface area contributed by atoms with E-state index < -0.39 is 0 Å². The minimum atomic E-state index is -0.187. The van der Waals surface area contributed by atoms with Crippen molar-refractivity contribution in [2.45, 2.75) is 40.0 Å². The first-order chi connectivity index (χ1) is 11.0. The molecule has 2 rings (SSSR count). The van der Waals surface area contributed by atoms with Gasteiger partial charge in [-0.15, -0.1) is 0 Å². The fraction of sp³-hybridized carbons (Fsp3) is 0.579. The summed E-state index contributed by atoms with van der Waals surface area (Å²) in [6.45, 7) is 8.32. The summed E-state index contributed by atoms with van der Waals surface area (Å²) < 4.78 is 0. The summed E-state index contributed by atoms with van der Waals surface area (Å²) >= 11 is 0. The lowest BCUT2D eigenvalue weighted by molar-refractivity contribution is -0.129. The van der Waals surface area contributed by atoms with Crippen LogP contribution in [0.15, 0.2) is 24.3 Å². The summed E-state index contributed by atoms with van der Waals surface area (Å²) in [5.41, 5.74) is 2.46. The van der Waals surface area contributed by atoms with Crippen LogP contribution in [-0.2, 0) is 16.0 Å². The number of nitrogens with one attached hydrogen (secondary N) is 1. The molecular formula is C19H28N2O2. The molecule has 1 aliphatic heterocycles. The average molecular weight is 316 g/mol. The van der Waals surface area contributed by atoms with E-state index in [4.69, 9.17) is 0 Å². The fourth-order valence-electron chi connectivity index (χ4n) is 2.81. The van der Waals surface area contributed by atoms with Gasteiger partial charge in [0.2, 0.25) is 11.8 Å². The van der Waals surface area contributed by atoms with Gasteiger partial charge < -0.3 is 10.2 Å². The van der Waals surface area contributed by atoms with E-state index in [0.717, 1.165) is 19.4 Å². The summed E-state index contributed by atoms with van der Waals surface area (Å²) in [5.74, 6) is 0.514. The van der Waals surface area contributed by atoms with Crippen molar-refractivity contribution in [1.82, 2.24) is 10.2 Å². The molecule has 1 heterocycles. The Bertz CT molecular complexity index is 537. The quantitative estimate of drug-likeness (QED) is 0.840. The molecule has 1 N–H and O–H groups in total. The highest BCUT2D eigenvalue weighted by molar-refractivity contribution is 5.89. The molecule has 0 aliphatic carbocycles. The summed E-state index contributed by atoms with van der Waals surface area (Å²) in [7, 11) is 0. The van der Waals surface area contributed by atoms with Gasteiger partial charge in [0.15, 0.2) is 0 Å². The van der Waals surface area contributed by atoms with Gasteiger partial charge in [-0.05, 0) is 31.2 Å². The molecule has 0 aromatic heterocycles. The molecule has 1 aromatic rings. The van der Waals surface area contributed by atoms with Crippen molar-refractivity contribution in [1.29, 1.82) is 0 Å². The van der Waals surface area contributed by atoms with Crippen molar-refractivity contribution in [2.24, 2.45) is 11.8 Å². The first kappa shape index (κ1) is 17.5. The maximum absolute atomic E-state index is 12.2. The zero-order valence-electron chi connectivity index (χ0n) is 14.5. The molecule has 0 unspecified atom stereocenters. The number of rotatable bonds is 7. The summed E-state index contributed by atoms with van der Waals surface area (Å²) in [5, 5.41) is 2.98. The third-order valence-corrected chi connectivity index (χ3v) is 4.40. The zero-order valence-corrected chi connectivity index (χ0v) is 14.5. The van der Waals surface area contributed by atoms with Crippen LogP contribution in [-0.4, -0.2) is 36.3 Å². The smallest absolute Gasteiger partial charge is 0.225 e. The minimum absolute atomic E-state index is 0.0116. The molecule has 1 aromatic carbocycles. The van der Waals surface area contributed by atoms with E-state index in [9.17, 15) is 9.59 Å². The normalized spacial score (nSPS) is 17.8. The van der Waals surface area contributed by atoms with Crippen molar-refractivity contribution in [3.8, 4) is 0 Å². The second-order valence-electron chi connectivity index (χ2n) is 6.95. The molecule has 0 bridgehead atoms. The van der Waals surface area contributed by atoms with Crippen LogP contribution in [0.4, 0.5) is 0 Å². The van der Waals surface area contributed by atoms with Gasteiger partial charge in [0.1, 0.15) is 0 Å². The number of hydrogen-bond donors (Lipinski definition) is 1. The first-order valence-corrected chi connectivity index (χ1v) is 8.56. The molecule has 0 radical (unpaired) electrons. The van der Waals surface area contributed by atoms with Crippen molar-refractivity contribution < 1.29 is 9.59 Å². The molecule has 0 saturated carbocycles. The van der Waals surface area contributed by atoms with Crippen LogP contribution in [0.2, 0.25) is 0 Å². The second-order valence-corrected chi connectivity index (χ2v) is 6.95. The number of carbonyl (C=O) groups is 2. The van der Waals surface area contributed by atoms with E-state index in [1.807, 2.05) is 4.90 Å². The number of likely N-dealkylation sites (tertiary alicyclic amines) is 1. The molecule has 1 saturated heterocycles. The number of hydrogen-bond acceptors (Lipinski definition) is 2. The molecule has 4 heteroatoms. The number of carbonyl (C=O) groups excluding carboxylic acids is 2. The van der Waals surface area contributed by atoms with Crippen LogP contribution in [0, 0.1) is 18.8 Å². The van der Waals surface area contributed by atoms with Gasteiger partial charge in [0.05, 0.1) is 5.92 Å². The Morgan fingerprint density at radius 1 is 1.30 bits per heavy atom. The monoisotopic (exact) mass is 316 g/mol. The number of amides is 2. The van der Waals surface area contributed by atoms with Gasteiger partial charge in [-0.3, -0.25) is 9.59 Å². The maximum atomic E-state index is 12.2. The minimum Gasteiger partial charge on any atom is -0.355 e. The Balaban J connectivity index is 1.73. The zero-order chi connectivity index (χ0) is 16.8. The fourth-order valence-corrected chi connectivity index (χ4v) is 2.81. The molecular weight excluding hydrogens is 288 g/mol. The Hall–Kier alpha value is -1.84. The Morgan fingerprint density at radius 2 is 2.00 bits per heavy atom. The lowest BCUT2D eigenvalue weighted by atomic mass is 10.1. The lowest BCUT2D eigenvalue weighted by Gasteiger charge is -2.17. The van der Waals surface area contributed by atoms with Gasteiger partial charge in [0, 0.05) is 26.1 Å². The summed E-state index contributed by atoms with van der Waals surface area (Å²) in [6, 6.07) is 8.35. The second kappa shape index (κ2) is 8.14. The van der Waals surface area contributed by atoms with Crippen LogP contribution in [0.1, 0.15) is 37.8 Å². The van der Waals surface area contributed by atoms with Crippen molar-refractivity contribution in [3.63, 3.8) is 0 Å². The molecule has 1 atom stereocenters. The molecule has 23 heavy (non-hydrogen) atoms. The van der Waals surface area contributed by atoms with Gasteiger partial charge in [-0.25, -0.2) is 0 Å². The van der Waals surface area contributed by atoms with Crippen LogP contribution < -0.4 is 5.32 Å². The molecule has 1 fully saturated rings. The van der Waals surface area contributed by atoms with Gasteiger partial charge >= 0.3 is 0 Å². The molecule has 126 valence electrons. The van der Waals surface area contributed by atoms with Gasteiger partial charge in [0.25, 0.3) is 0 Å². The van der Waals surface area contributed by atoms with E-state index in [1.165, 1.54) is 11.1 Å². The van der Waals surface area contributed by atoms with Crippen molar-refractivity contribution in [2.75, 3.05) is 19.6 Å². The summed E-state index contributed by atoms with van der Waals surface area (Å²) in [4.78, 5) is 26.0. The number of aryl methyl sites for hydroxylation is 1. The molecule has 1 aliphatic rings. The van der Waals surface area contributed by atoms with E-state index >= 15 is 0 Å². The van der Waals surface area contributed by atoms with Gasteiger partial charge in [-0.2, -0.15) is 0 Å². The van der Waals surface area contributed by atoms with E-state index in [1.54, 1.807) is 0 Å². The third kappa shape index (κ3) is 5.38. The highest BCUT2D eigenvalue weighted by Crippen LogP contribution is 2.19. The Labute approximate surface area is 139 Å². The van der Waals surface area contributed by atoms with E-state index in [2.05, 4.69) is 50.4 Å². The predicted molar refractivity (Wildman–Crippen MR) is 92.0 cm³/mol. The first-order valence-electron chi connectivity index (χ1n) is 8.56. The SMILES string of the molecule is Cc1ccc(CCNC(=O)[C@@H]2CC(=O)N(CCC(C)C)C2)cc1. The lowest BCUT2D eigenvalue weighted by Crippen LogP contribution is -2.34. The molecule has 0 spiro atoms. The highest BCUT2D eigenvalue weighted by atomic mass is 16.2. The van der Waals surface area contributed by atoms with Crippen molar-refractivity contribution in [3.05, 3.63) is 35.4 Å². The molecule has 2 amide bonds. The van der Waals surface area contributed by atoms with Crippen molar-refractivity contribution >= 4 is 11.8 Å². The number of benzene rings is 1. The third-order valence-electron chi connectivity index (χ3n) is 4.40. The van der Waals surface area contributed by atoms with Crippen LogP contribution in [0.3, 0.4) is 0 Å². The topological polar surface area (TPSA) is 49.4 Å². The van der Waals surface area contributed by atoms with Gasteiger partial charge in [-0.1, -0.05) is 43.7 Å². The standard InChI is InChI=1S/C19H28N2O2/c1-14(2)9-11-21-13-17(12-18(21)22)19(23)20-10-8-16-6-4-15(3)5-7-16/h4-7,14,17H,8-13H2,1-3H3,(H,20,23)/t17-/m1/s1. The largest absolute Gasteiger partial charge is 0.355 e. The van der Waals surface area contributed by atoms with Crippen LogP contribution in [0.5, 0.6) is 0 Å². The van der Waals surface area contributed by atoms with Crippen LogP contribution in [0.25, 0.3) is 0 Å². The average Bonchev–Trinajstić information content (AvgIpc) is 2.88. The van der Waals surface area contributed by atoms with E-state index in [0.29, 0.717) is 25.4 Å². The number of nitrogens with zero attached hydrogens (tertiary/aromatic N) is 1. The maximum Gasteiger partial charge on any atom is 0.225 e. The highest BCUT2D eigenvalue weighted by Gasteiger charge is 2.33.